The van der Waals surface area contributed by atoms with E-state index in [4.69, 9.17) is 4.42 Å². The van der Waals surface area contributed by atoms with E-state index in [0.717, 1.165) is 30.0 Å². The Balaban J connectivity index is 1.68. The van der Waals surface area contributed by atoms with Crippen LogP contribution in [0.25, 0.3) is 11.0 Å². The van der Waals surface area contributed by atoms with E-state index in [0.29, 0.717) is 12.3 Å². The Kier molecular flexibility index (Phi) is 3.58. The summed E-state index contributed by atoms with van der Waals surface area (Å²) in [6, 6.07) is 9.84. The summed E-state index contributed by atoms with van der Waals surface area (Å²) < 4.78 is 5.72. The summed E-state index contributed by atoms with van der Waals surface area (Å²) in [4.78, 5) is 2.33. The number of rotatable bonds is 3. The molecule has 19 heavy (non-hydrogen) atoms. The molecule has 0 spiro atoms. The minimum Gasteiger partial charge on any atom is -0.458 e. The van der Waals surface area contributed by atoms with Crippen LogP contribution in [0.3, 0.4) is 0 Å². The first-order chi connectivity index (χ1) is 9.22. The molecule has 0 aliphatic carbocycles. The van der Waals surface area contributed by atoms with Gasteiger partial charge in [-0.05, 0) is 44.0 Å². The molecule has 1 fully saturated rings. The highest BCUT2D eigenvalue weighted by Gasteiger charge is 2.21. The Hall–Kier alpha value is -1.32. The van der Waals surface area contributed by atoms with Crippen molar-refractivity contribution < 1.29 is 9.52 Å². The van der Waals surface area contributed by atoms with Crippen molar-refractivity contribution in [1.29, 1.82) is 0 Å². The molecular formula is C16H21NO2. The lowest BCUT2D eigenvalue weighted by Crippen LogP contribution is -2.35. The van der Waals surface area contributed by atoms with Crippen LogP contribution in [-0.2, 0) is 0 Å². The molecule has 1 saturated heterocycles. The lowest BCUT2D eigenvalue weighted by molar-refractivity contribution is 0.0782. The molecule has 1 unspecified atom stereocenters. The molecule has 2 heterocycles. The van der Waals surface area contributed by atoms with Gasteiger partial charge in [-0.1, -0.05) is 25.1 Å². The fourth-order valence-electron chi connectivity index (χ4n) is 2.75. The lowest BCUT2D eigenvalue weighted by Gasteiger charge is -2.31. The third-order valence-electron chi connectivity index (χ3n) is 4.08. The number of hydrogen-bond donors (Lipinski definition) is 1. The molecule has 1 aromatic carbocycles. The van der Waals surface area contributed by atoms with Gasteiger partial charge in [-0.15, -0.1) is 0 Å². The number of benzene rings is 1. The van der Waals surface area contributed by atoms with Gasteiger partial charge in [0.1, 0.15) is 17.4 Å². The molecule has 1 aliphatic heterocycles. The normalized spacial score (nSPS) is 19.9. The number of β-amino-alcohol motifs (C(OH)–C–C–N with tert-alkyl or cyclic N) is 1. The second kappa shape index (κ2) is 5.35. The van der Waals surface area contributed by atoms with Gasteiger partial charge in [-0.25, -0.2) is 0 Å². The Morgan fingerprint density at radius 3 is 2.79 bits per heavy atom. The molecular weight excluding hydrogens is 238 g/mol. The van der Waals surface area contributed by atoms with Crippen LogP contribution in [0.15, 0.2) is 34.7 Å². The van der Waals surface area contributed by atoms with Crippen LogP contribution in [0.2, 0.25) is 0 Å². The van der Waals surface area contributed by atoms with Crippen LogP contribution < -0.4 is 0 Å². The zero-order valence-corrected chi connectivity index (χ0v) is 11.4. The molecule has 1 N–H and O–H groups in total. The number of piperidine rings is 1. The van der Waals surface area contributed by atoms with Gasteiger partial charge in [-0.3, -0.25) is 0 Å². The predicted molar refractivity (Wildman–Crippen MR) is 76.0 cm³/mol. The third-order valence-corrected chi connectivity index (χ3v) is 4.08. The summed E-state index contributed by atoms with van der Waals surface area (Å²) in [6.07, 6.45) is 1.93. The van der Waals surface area contributed by atoms with Gasteiger partial charge < -0.3 is 14.4 Å². The van der Waals surface area contributed by atoms with Gasteiger partial charge in [0.15, 0.2) is 0 Å². The Bertz CT molecular complexity index is 507. The second-order valence-corrected chi connectivity index (χ2v) is 5.69. The van der Waals surface area contributed by atoms with E-state index in [1.54, 1.807) is 0 Å². The molecule has 1 atom stereocenters. The van der Waals surface area contributed by atoms with Gasteiger partial charge in [0.05, 0.1) is 0 Å². The summed E-state index contributed by atoms with van der Waals surface area (Å²) >= 11 is 0. The lowest BCUT2D eigenvalue weighted by atomic mass is 9.99. The van der Waals surface area contributed by atoms with Crippen LogP contribution in [0.1, 0.15) is 31.6 Å². The van der Waals surface area contributed by atoms with Crippen LogP contribution in [0.4, 0.5) is 0 Å². The zero-order valence-electron chi connectivity index (χ0n) is 11.4. The van der Waals surface area contributed by atoms with Crippen molar-refractivity contribution in [2.24, 2.45) is 5.92 Å². The number of fused-ring (bicyclic) bond motifs is 1. The smallest absolute Gasteiger partial charge is 0.135 e. The van der Waals surface area contributed by atoms with Crippen LogP contribution in [0.5, 0.6) is 0 Å². The highest BCUT2D eigenvalue weighted by molar-refractivity contribution is 5.77. The predicted octanol–water partition coefficient (Wildman–Crippen LogP) is 3.20. The van der Waals surface area contributed by atoms with Crippen molar-refractivity contribution in [3.05, 3.63) is 36.1 Å². The maximum absolute atomic E-state index is 10.3. The van der Waals surface area contributed by atoms with Gasteiger partial charge >= 0.3 is 0 Å². The highest BCUT2D eigenvalue weighted by Crippen LogP contribution is 2.25. The molecule has 3 rings (SSSR count). The summed E-state index contributed by atoms with van der Waals surface area (Å²) in [5, 5.41) is 11.4. The zero-order chi connectivity index (χ0) is 13.2. The minimum atomic E-state index is -0.527. The van der Waals surface area contributed by atoms with Crippen molar-refractivity contribution >= 4 is 11.0 Å². The molecule has 1 aliphatic rings. The summed E-state index contributed by atoms with van der Waals surface area (Å²) in [7, 11) is 0. The molecule has 1 aromatic heterocycles. The molecule has 0 saturated carbocycles. The maximum Gasteiger partial charge on any atom is 0.135 e. The fraction of sp³-hybridized carbons (Fsp3) is 0.500. The van der Waals surface area contributed by atoms with E-state index < -0.39 is 6.10 Å². The summed E-state index contributed by atoms with van der Waals surface area (Å²) in [5.74, 6) is 1.50. The molecule has 3 nitrogen and oxygen atoms in total. The van der Waals surface area contributed by atoms with Crippen LogP contribution in [0, 0.1) is 5.92 Å². The number of aliphatic hydroxyl groups excluding tert-OH is 1. The van der Waals surface area contributed by atoms with Crippen molar-refractivity contribution in [3.8, 4) is 0 Å². The third kappa shape index (κ3) is 2.82. The topological polar surface area (TPSA) is 36.6 Å². The highest BCUT2D eigenvalue weighted by atomic mass is 16.4. The van der Waals surface area contributed by atoms with Gasteiger partial charge in [0, 0.05) is 11.9 Å². The van der Waals surface area contributed by atoms with E-state index in [1.807, 2.05) is 30.3 Å². The Morgan fingerprint density at radius 2 is 2.05 bits per heavy atom. The number of para-hydroxylation sites is 1. The first-order valence-electron chi connectivity index (χ1n) is 7.11. The SMILES string of the molecule is CC1CCN(CC(O)c2cc3ccccc3o2)CC1. The van der Waals surface area contributed by atoms with E-state index in [-0.39, 0.29) is 0 Å². The van der Waals surface area contributed by atoms with Crippen molar-refractivity contribution in [3.63, 3.8) is 0 Å². The second-order valence-electron chi connectivity index (χ2n) is 5.69. The largest absolute Gasteiger partial charge is 0.458 e. The molecule has 0 radical (unpaired) electrons. The minimum absolute atomic E-state index is 0.527. The van der Waals surface area contributed by atoms with Gasteiger partial charge in [0.2, 0.25) is 0 Å². The average Bonchev–Trinajstić information content (AvgIpc) is 2.85. The first-order valence-corrected chi connectivity index (χ1v) is 7.11. The average molecular weight is 259 g/mol. The molecule has 2 aromatic rings. The number of hydrogen-bond acceptors (Lipinski definition) is 3. The molecule has 102 valence electrons. The molecule has 3 heteroatoms. The van der Waals surface area contributed by atoms with E-state index in [9.17, 15) is 5.11 Å². The van der Waals surface area contributed by atoms with Gasteiger partial charge in [-0.2, -0.15) is 0 Å². The quantitative estimate of drug-likeness (QED) is 0.919. The summed E-state index contributed by atoms with van der Waals surface area (Å²) in [6.45, 7) is 5.14. The van der Waals surface area contributed by atoms with Crippen LogP contribution >= 0.6 is 0 Å². The Labute approximate surface area is 113 Å². The van der Waals surface area contributed by atoms with E-state index in [2.05, 4.69) is 11.8 Å². The standard InChI is InChI=1S/C16H21NO2/c1-12-6-8-17(9-7-12)11-14(18)16-10-13-4-2-3-5-15(13)19-16/h2-5,10,12,14,18H,6-9,11H2,1H3. The van der Waals surface area contributed by atoms with E-state index in [1.165, 1.54) is 12.8 Å². The molecule has 0 bridgehead atoms. The van der Waals surface area contributed by atoms with E-state index >= 15 is 0 Å². The number of aliphatic hydroxyl groups is 1. The summed E-state index contributed by atoms with van der Waals surface area (Å²) in [5.41, 5.74) is 0.851. The van der Waals surface area contributed by atoms with Crippen LogP contribution in [-0.4, -0.2) is 29.6 Å². The Morgan fingerprint density at radius 1 is 1.32 bits per heavy atom. The maximum atomic E-state index is 10.3. The number of likely N-dealkylation sites (tertiary alicyclic amines) is 1. The fourth-order valence-corrected chi connectivity index (χ4v) is 2.75. The number of nitrogens with zero attached hydrogens (tertiary/aromatic N) is 1. The monoisotopic (exact) mass is 259 g/mol. The van der Waals surface area contributed by atoms with Crippen molar-refractivity contribution in [2.45, 2.75) is 25.9 Å². The molecule has 0 amide bonds. The number of furan rings is 1. The van der Waals surface area contributed by atoms with Crippen molar-refractivity contribution in [2.75, 3.05) is 19.6 Å². The van der Waals surface area contributed by atoms with Crippen molar-refractivity contribution in [1.82, 2.24) is 4.90 Å². The van der Waals surface area contributed by atoms with Gasteiger partial charge in [0.25, 0.3) is 0 Å². The first kappa shape index (κ1) is 12.7.